The van der Waals surface area contributed by atoms with E-state index in [-0.39, 0.29) is 0 Å². The Labute approximate surface area is 112 Å². The highest BCUT2D eigenvalue weighted by atomic mass is 16.7. The molecule has 110 valence electrons. The summed E-state index contributed by atoms with van der Waals surface area (Å²) in [5.74, 6) is 0. The van der Waals surface area contributed by atoms with Gasteiger partial charge in [-0.1, -0.05) is 38.5 Å². The fourth-order valence-corrected chi connectivity index (χ4v) is 1.75. The highest BCUT2D eigenvalue weighted by molar-refractivity contribution is 4.46. The molecule has 0 aliphatic rings. The lowest BCUT2D eigenvalue weighted by atomic mass is 10.1. The first kappa shape index (κ1) is 17.8. The standard InChI is InChI=1S/C14H30O4/c1-15-13-17-11-9-7-5-3-4-6-8-10-12-18-14-16-2/h3-14H2,1-2H3. The average molecular weight is 262 g/mol. The number of unbranched alkanes of at least 4 members (excludes halogenated alkanes) is 7. The third kappa shape index (κ3) is 15.8. The van der Waals surface area contributed by atoms with Gasteiger partial charge in [0.1, 0.15) is 13.6 Å². The Hall–Kier alpha value is -0.160. The normalized spacial score (nSPS) is 11.0. The summed E-state index contributed by atoms with van der Waals surface area (Å²) in [4.78, 5) is 0. The first-order chi connectivity index (χ1) is 8.91. The Bertz CT molecular complexity index is 126. The van der Waals surface area contributed by atoms with Gasteiger partial charge >= 0.3 is 0 Å². The van der Waals surface area contributed by atoms with E-state index in [9.17, 15) is 0 Å². The highest BCUT2D eigenvalue weighted by Crippen LogP contribution is 2.08. The van der Waals surface area contributed by atoms with Crippen molar-refractivity contribution in [3.63, 3.8) is 0 Å². The van der Waals surface area contributed by atoms with E-state index >= 15 is 0 Å². The van der Waals surface area contributed by atoms with E-state index in [4.69, 9.17) is 18.9 Å². The van der Waals surface area contributed by atoms with Crippen LogP contribution >= 0.6 is 0 Å². The average Bonchev–Trinajstić information content (AvgIpc) is 2.39. The van der Waals surface area contributed by atoms with Crippen LogP contribution in [0.15, 0.2) is 0 Å². The van der Waals surface area contributed by atoms with Gasteiger partial charge in [0, 0.05) is 27.4 Å². The molecule has 18 heavy (non-hydrogen) atoms. The molecule has 0 radical (unpaired) electrons. The van der Waals surface area contributed by atoms with Gasteiger partial charge in [-0.25, -0.2) is 0 Å². The fourth-order valence-electron chi connectivity index (χ4n) is 1.75. The van der Waals surface area contributed by atoms with Gasteiger partial charge in [-0.15, -0.1) is 0 Å². The minimum atomic E-state index is 0.422. The first-order valence-corrected chi connectivity index (χ1v) is 7.05. The van der Waals surface area contributed by atoms with Crippen LogP contribution in [-0.4, -0.2) is 41.0 Å². The van der Waals surface area contributed by atoms with Gasteiger partial charge in [-0.05, 0) is 12.8 Å². The van der Waals surface area contributed by atoms with Gasteiger partial charge in [-0.3, -0.25) is 0 Å². The van der Waals surface area contributed by atoms with Crippen molar-refractivity contribution in [1.29, 1.82) is 0 Å². The molecule has 0 saturated heterocycles. The lowest BCUT2D eigenvalue weighted by Gasteiger charge is -2.04. The lowest BCUT2D eigenvalue weighted by molar-refractivity contribution is -0.0318. The largest absolute Gasteiger partial charge is 0.359 e. The van der Waals surface area contributed by atoms with Crippen LogP contribution in [0.5, 0.6) is 0 Å². The zero-order chi connectivity index (χ0) is 13.3. The van der Waals surface area contributed by atoms with Crippen LogP contribution in [0.25, 0.3) is 0 Å². The molecule has 0 aliphatic carbocycles. The van der Waals surface area contributed by atoms with E-state index in [2.05, 4.69) is 0 Å². The predicted octanol–water partition coefficient (Wildman–Crippen LogP) is 3.35. The molecule has 0 rings (SSSR count). The van der Waals surface area contributed by atoms with Gasteiger partial charge in [0.15, 0.2) is 0 Å². The van der Waals surface area contributed by atoms with Gasteiger partial charge in [0.05, 0.1) is 0 Å². The Morgan fingerprint density at radius 1 is 0.500 bits per heavy atom. The molecule has 0 bridgehead atoms. The molecule has 0 aliphatic heterocycles. The van der Waals surface area contributed by atoms with Gasteiger partial charge in [0.25, 0.3) is 0 Å². The molecule has 0 saturated carbocycles. The second kappa shape index (κ2) is 16.8. The molecule has 0 atom stereocenters. The summed E-state index contributed by atoms with van der Waals surface area (Å²) in [7, 11) is 3.31. The summed E-state index contributed by atoms with van der Waals surface area (Å²) in [6, 6.07) is 0. The van der Waals surface area contributed by atoms with E-state index in [0.29, 0.717) is 13.6 Å². The van der Waals surface area contributed by atoms with Crippen LogP contribution in [-0.2, 0) is 18.9 Å². The zero-order valence-corrected chi connectivity index (χ0v) is 12.1. The lowest BCUT2D eigenvalue weighted by Crippen LogP contribution is -1.98. The van der Waals surface area contributed by atoms with E-state index in [1.54, 1.807) is 14.2 Å². The molecule has 0 amide bonds. The van der Waals surface area contributed by atoms with E-state index < -0.39 is 0 Å². The summed E-state index contributed by atoms with van der Waals surface area (Å²) in [5, 5.41) is 0. The van der Waals surface area contributed by atoms with Crippen molar-refractivity contribution in [2.24, 2.45) is 0 Å². The van der Waals surface area contributed by atoms with Crippen molar-refractivity contribution in [3.05, 3.63) is 0 Å². The molecule has 0 spiro atoms. The minimum absolute atomic E-state index is 0.422. The third-order valence-corrected chi connectivity index (χ3v) is 2.73. The van der Waals surface area contributed by atoms with Crippen molar-refractivity contribution >= 4 is 0 Å². The highest BCUT2D eigenvalue weighted by Gasteiger charge is 1.93. The quantitative estimate of drug-likeness (QED) is 0.335. The van der Waals surface area contributed by atoms with Gasteiger partial charge < -0.3 is 18.9 Å². The summed E-state index contributed by atoms with van der Waals surface area (Å²) >= 11 is 0. The monoisotopic (exact) mass is 262 g/mol. The summed E-state index contributed by atoms with van der Waals surface area (Å²) < 4.78 is 20.1. The van der Waals surface area contributed by atoms with Crippen molar-refractivity contribution in [1.82, 2.24) is 0 Å². The second-order valence-corrected chi connectivity index (χ2v) is 4.46. The van der Waals surface area contributed by atoms with Crippen LogP contribution in [0.1, 0.15) is 51.4 Å². The SMILES string of the molecule is COCOCCCCCCCCCCOCOC. The molecule has 4 nitrogen and oxygen atoms in total. The Kier molecular flexibility index (Phi) is 16.7. The Balaban J connectivity index is 2.86. The van der Waals surface area contributed by atoms with Crippen molar-refractivity contribution in [3.8, 4) is 0 Å². The molecule has 0 aromatic heterocycles. The number of hydrogen-bond acceptors (Lipinski definition) is 4. The maximum atomic E-state index is 5.23. The zero-order valence-electron chi connectivity index (χ0n) is 12.1. The second-order valence-electron chi connectivity index (χ2n) is 4.46. The van der Waals surface area contributed by atoms with E-state index in [1.165, 1.54) is 38.5 Å². The topological polar surface area (TPSA) is 36.9 Å². The molecular weight excluding hydrogens is 232 g/mol. The van der Waals surface area contributed by atoms with Crippen LogP contribution < -0.4 is 0 Å². The number of rotatable bonds is 15. The predicted molar refractivity (Wildman–Crippen MR) is 72.6 cm³/mol. The maximum Gasteiger partial charge on any atom is 0.146 e. The first-order valence-electron chi connectivity index (χ1n) is 7.05. The smallest absolute Gasteiger partial charge is 0.146 e. The maximum absolute atomic E-state index is 5.23. The Morgan fingerprint density at radius 2 is 0.833 bits per heavy atom. The molecule has 0 heterocycles. The summed E-state index contributed by atoms with van der Waals surface area (Å²) in [6.45, 7) is 2.49. The minimum Gasteiger partial charge on any atom is -0.359 e. The van der Waals surface area contributed by atoms with Gasteiger partial charge in [0.2, 0.25) is 0 Å². The van der Waals surface area contributed by atoms with E-state index in [0.717, 1.165) is 26.1 Å². The Morgan fingerprint density at radius 3 is 1.17 bits per heavy atom. The molecule has 0 N–H and O–H groups in total. The van der Waals surface area contributed by atoms with Crippen molar-refractivity contribution in [2.45, 2.75) is 51.4 Å². The van der Waals surface area contributed by atoms with Crippen LogP contribution in [0, 0.1) is 0 Å². The van der Waals surface area contributed by atoms with Crippen molar-refractivity contribution < 1.29 is 18.9 Å². The van der Waals surface area contributed by atoms with Crippen LogP contribution in [0.4, 0.5) is 0 Å². The van der Waals surface area contributed by atoms with Gasteiger partial charge in [-0.2, -0.15) is 0 Å². The molecule has 0 aromatic carbocycles. The molecule has 4 heteroatoms. The number of hydrogen-bond donors (Lipinski definition) is 0. The van der Waals surface area contributed by atoms with Crippen molar-refractivity contribution in [2.75, 3.05) is 41.0 Å². The summed E-state index contributed by atoms with van der Waals surface area (Å²) in [5.41, 5.74) is 0. The number of ether oxygens (including phenoxy) is 4. The number of methoxy groups -OCH3 is 2. The summed E-state index contributed by atoms with van der Waals surface area (Å²) in [6.07, 6.45) is 10.1. The third-order valence-electron chi connectivity index (χ3n) is 2.73. The molecule has 0 unspecified atom stereocenters. The molecule has 0 fully saturated rings. The fraction of sp³-hybridized carbons (Fsp3) is 1.00. The van der Waals surface area contributed by atoms with E-state index in [1.807, 2.05) is 0 Å². The van der Waals surface area contributed by atoms with Crippen LogP contribution in [0.2, 0.25) is 0 Å². The molecule has 0 aromatic rings. The van der Waals surface area contributed by atoms with Crippen LogP contribution in [0.3, 0.4) is 0 Å². The molecular formula is C14H30O4.